The molecule has 2 rings (SSSR count). The molecule has 0 aromatic carbocycles. The van der Waals surface area contributed by atoms with Crippen molar-refractivity contribution < 1.29 is 8.98 Å². The average molecular weight is 257 g/mol. The number of rotatable bonds is 6. The number of carbonyl (C=O) groups is 1. The molecule has 1 saturated carbocycles. The van der Waals surface area contributed by atoms with Gasteiger partial charge in [0.15, 0.2) is 0 Å². The van der Waals surface area contributed by atoms with Gasteiger partial charge in [0, 0.05) is 30.2 Å². The van der Waals surface area contributed by atoms with Crippen LogP contribution < -0.4 is 5.32 Å². The average Bonchev–Trinajstić information content (AvgIpc) is 3.00. The minimum Gasteiger partial charge on any atom is -0.312 e. The first-order valence-electron chi connectivity index (χ1n) is 5.70. The highest BCUT2D eigenvalue weighted by Crippen LogP contribution is 2.42. The molecule has 0 aromatic heterocycles. The molecule has 88 valence electrons. The van der Waals surface area contributed by atoms with Crippen molar-refractivity contribution in [3.63, 3.8) is 0 Å². The number of ketones is 1. The summed E-state index contributed by atoms with van der Waals surface area (Å²) in [5.74, 6) is 1.74. The van der Waals surface area contributed by atoms with Gasteiger partial charge in [-0.05, 0) is 31.6 Å². The molecular weight excluding hydrogens is 240 g/mol. The number of carbonyl (C=O) groups excluding carboxylic acids is 1. The second kappa shape index (κ2) is 5.86. The number of Topliss-reactive ketones (excluding diaryl/α,β-unsaturated/α-hetero) is 1. The van der Waals surface area contributed by atoms with Gasteiger partial charge in [0.25, 0.3) is 0 Å². The van der Waals surface area contributed by atoms with Crippen LogP contribution in [0.3, 0.4) is 0 Å². The molecule has 6 heteroatoms. The fourth-order valence-electron chi connectivity index (χ4n) is 2.70. The third kappa shape index (κ3) is 3.22. The van der Waals surface area contributed by atoms with E-state index in [0.29, 0.717) is 23.7 Å². The minimum atomic E-state index is 0.256. The van der Waals surface area contributed by atoms with E-state index < -0.39 is 0 Å². The Morgan fingerprint density at radius 1 is 1.62 bits per heavy atom. The van der Waals surface area contributed by atoms with E-state index in [9.17, 15) is 4.79 Å². The SMILES string of the molecule is [B]PSOCC1CC(C(C)=O)CC1C1CN1. The smallest absolute Gasteiger partial charge is 0.132 e. The van der Waals surface area contributed by atoms with E-state index in [4.69, 9.17) is 11.7 Å². The largest absolute Gasteiger partial charge is 0.312 e. The molecule has 0 bridgehead atoms. The van der Waals surface area contributed by atoms with Crippen LogP contribution in [0.2, 0.25) is 0 Å². The molecule has 3 nitrogen and oxygen atoms in total. The maximum atomic E-state index is 11.4. The van der Waals surface area contributed by atoms with Crippen molar-refractivity contribution in [3.05, 3.63) is 0 Å². The summed E-state index contributed by atoms with van der Waals surface area (Å²) in [5, 5.41) is 3.36. The summed E-state index contributed by atoms with van der Waals surface area (Å²) >= 11 is 1.34. The van der Waals surface area contributed by atoms with E-state index >= 15 is 0 Å². The summed E-state index contributed by atoms with van der Waals surface area (Å²) in [7, 11) is 5.68. The minimum absolute atomic E-state index is 0.256. The Morgan fingerprint density at radius 3 is 2.94 bits per heavy atom. The van der Waals surface area contributed by atoms with Gasteiger partial charge in [-0.1, -0.05) is 7.66 Å². The molecule has 0 aromatic rings. The van der Waals surface area contributed by atoms with Gasteiger partial charge in [0.2, 0.25) is 0 Å². The van der Waals surface area contributed by atoms with Gasteiger partial charge >= 0.3 is 0 Å². The summed E-state index contributed by atoms with van der Waals surface area (Å²) in [5.41, 5.74) is 0. The Hall–Kier alpha value is 0.435. The Morgan fingerprint density at radius 2 is 2.38 bits per heavy atom. The molecule has 1 aliphatic heterocycles. The number of nitrogens with one attached hydrogen (secondary N) is 1. The number of hydrogen-bond donors (Lipinski definition) is 1. The molecule has 1 heterocycles. The molecular formula is C10H17BNO2PS. The lowest BCUT2D eigenvalue weighted by atomic mass is 9.94. The van der Waals surface area contributed by atoms with Crippen molar-refractivity contribution in [1.29, 1.82) is 0 Å². The van der Waals surface area contributed by atoms with Crippen molar-refractivity contribution in [3.8, 4) is 0 Å². The normalized spacial score (nSPS) is 38.3. The first-order valence-corrected chi connectivity index (χ1v) is 8.24. The van der Waals surface area contributed by atoms with Crippen molar-refractivity contribution in [1.82, 2.24) is 5.32 Å². The van der Waals surface area contributed by atoms with Gasteiger partial charge < -0.3 is 9.50 Å². The number of hydrogen-bond acceptors (Lipinski definition) is 4. The van der Waals surface area contributed by atoms with Crippen LogP contribution in [0.4, 0.5) is 0 Å². The summed E-state index contributed by atoms with van der Waals surface area (Å²) in [6, 6.07) is 0.628. The van der Waals surface area contributed by atoms with E-state index in [1.807, 2.05) is 0 Å². The van der Waals surface area contributed by atoms with E-state index in [0.717, 1.165) is 26.0 Å². The predicted octanol–water partition coefficient (Wildman–Crippen LogP) is 1.53. The lowest BCUT2D eigenvalue weighted by Crippen LogP contribution is -2.19. The van der Waals surface area contributed by atoms with Crippen molar-refractivity contribution in [2.75, 3.05) is 13.2 Å². The van der Waals surface area contributed by atoms with Crippen LogP contribution in [0.1, 0.15) is 19.8 Å². The van der Waals surface area contributed by atoms with Gasteiger partial charge in [0.1, 0.15) is 13.3 Å². The highest BCUT2D eigenvalue weighted by atomic mass is 32.7. The molecule has 2 radical (unpaired) electrons. The zero-order valence-corrected chi connectivity index (χ0v) is 11.3. The highest BCUT2D eigenvalue weighted by molar-refractivity contribution is 8.53. The van der Waals surface area contributed by atoms with Gasteiger partial charge in [-0.15, -0.1) is 0 Å². The summed E-state index contributed by atoms with van der Waals surface area (Å²) < 4.78 is 5.47. The van der Waals surface area contributed by atoms with Gasteiger partial charge in [-0.25, -0.2) is 0 Å². The standard InChI is InChI=1S/C10H17BNO2PS/c1-6(13)7-2-8(5-14-16-15-11)9(3-7)10-4-12-10/h7-10,12,15H,2-5H2,1H3. The van der Waals surface area contributed by atoms with Crippen molar-refractivity contribution >= 4 is 32.7 Å². The summed E-state index contributed by atoms with van der Waals surface area (Å²) in [4.78, 5) is 11.4. The monoisotopic (exact) mass is 257 g/mol. The van der Waals surface area contributed by atoms with Crippen LogP contribution in [0.25, 0.3) is 0 Å². The van der Waals surface area contributed by atoms with Crippen LogP contribution in [-0.2, 0) is 8.98 Å². The van der Waals surface area contributed by atoms with E-state index in [-0.39, 0.29) is 13.6 Å². The Balaban J connectivity index is 1.85. The maximum absolute atomic E-state index is 11.4. The molecule has 2 aliphatic rings. The van der Waals surface area contributed by atoms with Gasteiger partial charge in [0.05, 0.1) is 6.61 Å². The van der Waals surface area contributed by atoms with E-state index in [1.165, 1.54) is 11.7 Å². The van der Waals surface area contributed by atoms with Crippen LogP contribution >= 0.6 is 19.3 Å². The zero-order valence-electron chi connectivity index (χ0n) is 9.44. The van der Waals surface area contributed by atoms with E-state index in [1.54, 1.807) is 6.92 Å². The molecule has 0 spiro atoms. The summed E-state index contributed by atoms with van der Waals surface area (Å²) in [6.45, 7) is 3.56. The predicted molar refractivity (Wildman–Crippen MR) is 69.8 cm³/mol. The molecule has 0 amide bonds. The van der Waals surface area contributed by atoms with Crippen LogP contribution in [0.15, 0.2) is 0 Å². The molecule has 5 unspecified atom stereocenters. The summed E-state index contributed by atoms with van der Waals surface area (Å²) in [6.07, 6.45) is 2.03. The molecule has 1 saturated heterocycles. The fraction of sp³-hybridized carbons (Fsp3) is 0.900. The maximum Gasteiger partial charge on any atom is 0.132 e. The fourth-order valence-corrected chi connectivity index (χ4v) is 3.42. The van der Waals surface area contributed by atoms with Gasteiger partial charge in [-0.2, -0.15) is 0 Å². The molecule has 1 aliphatic carbocycles. The Labute approximate surface area is 104 Å². The second-order valence-corrected chi connectivity index (χ2v) is 6.55. The van der Waals surface area contributed by atoms with E-state index in [2.05, 4.69) is 5.32 Å². The molecule has 2 fully saturated rings. The highest BCUT2D eigenvalue weighted by Gasteiger charge is 2.44. The van der Waals surface area contributed by atoms with Crippen LogP contribution in [-0.4, -0.2) is 32.5 Å². The van der Waals surface area contributed by atoms with Crippen molar-refractivity contribution in [2.24, 2.45) is 17.8 Å². The first-order chi connectivity index (χ1) is 7.72. The quantitative estimate of drug-likeness (QED) is 0.258. The lowest BCUT2D eigenvalue weighted by Gasteiger charge is -2.17. The molecule has 1 N–H and O–H groups in total. The zero-order chi connectivity index (χ0) is 11.5. The van der Waals surface area contributed by atoms with Crippen LogP contribution in [0.5, 0.6) is 0 Å². The van der Waals surface area contributed by atoms with Crippen molar-refractivity contribution in [2.45, 2.75) is 25.8 Å². The lowest BCUT2D eigenvalue weighted by molar-refractivity contribution is -0.120. The first kappa shape index (κ1) is 12.9. The van der Waals surface area contributed by atoms with Gasteiger partial charge in [-0.3, -0.25) is 4.79 Å². The molecule has 16 heavy (non-hydrogen) atoms. The third-order valence-corrected chi connectivity index (χ3v) is 4.66. The molecule has 5 atom stereocenters. The Kier molecular flexibility index (Phi) is 4.71. The second-order valence-electron chi connectivity index (χ2n) is 4.70. The topological polar surface area (TPSA) is 48.2 Å². The van der Waals surface area contributed by atoms with Crippen LogP contribution in [0, 0.1) is 17.8 Å². The Bertz CT molecular complexity index is 265. The third-order valence-electron chi connectivity index (χ3n) is 3.67.